The van der Waals surface area contributed by atoms with E-state index in [0.717, 1.165) is 12.1 Å². The van der Waals surface area contributed by atoms with Crippen LogP contribution in [0.25, 0.3) is 0 Å². The molecule has 0 aliphatic heterocycles. The van der Waals surface area contributed by atoms with Crippen molar-refractivity contribution >= 4 is 0 Å². The van der Waals surface area contributed by atoms with Crippen LogP contribution in [0.15, 0.2) is 12.1 Å². The molecule has 0 saturated heterocycles. The Morgan fingerprint density at radius 2 is 1.79 bits per heavy atom. The maximum Gasteiger partial charge on any atom is 0.190 e. The van der Waals surface area contributed by atoms with E-state index in [4.69, 9.17) is 15.2 Å². The fourth-order valence-electron chi connectivity index (χ4n) is 1.40. The molecule has 6 heteroatoms. The summed E-state index contributed by atoms with van der Waals surface area (Å²) in [7, 11) is 0. The predicted molar refractivity (Wildman–Crippen MR) is 66.8 cm³/mol. The summed E-state index contributed by atoms with van der Waals surface area (Å²) in [4.78, 5) is 0. The molecule has 19 heavy (non-hydrogen) atoms. The zero-order valence-electron chi connectivity index (χ0n) is 11.0. The van der Waals surface area contributed by atoms with Crippen molar-refractivity contribution in [3.05, 3.63) is 29.3 Å². The highest BCUT2D eigenvalue weighted by molar-refractivity contribution is 5.31. The van der Waals surface area contributed by atoms with Gasteiger partial charge in [0.25, 0.3) is 0 Å². The Morgan fingerprint density at radius 1 is 1.21 bits per heavy atom. The smallest absolute Gasteiger partial charge is 0.190 e. The van der Waals surface area contributed by atoms with Crippen LogP contribution in [0.3, 0.4) is 0 Å². The van der Waals surface area contributed by atoms with Gasteiger partial charge in [0.15, 0.2) is 17.4 Å². The molecule has 108 valence electrons. The van der Waals surface area contributed by atoms with Gasteiger partial charge >= 0.3 is 0 Å². The van der Waals surface area contributed by atoms with Crippen molar-refractivity contribution in [1.29, 1.82) is 0 Å². The topological polar surface area (TPSA) is 64.7 Å². The number of hydrogen-bond acceptors (Lipinski definition) is 4. The van der Waals surface area contributed by atoms with Crippen molar-refractivity contribution in [2.45, 2.75) is 32.6 Å². The Morgan fingerprint density at radius 3 is 2.26 bits per heavy atom. The molecule has 0 spiro atoms. The molecule has 0 bridgehead atoms. The average molecular weight is 275 g/mol. The van der Waals surface area contributed by atoms with Gasteiger partial charge in [-0.15, -0.1) is 0 Å². The van der Waals surface area contributed by atoms with Crippen LogP contribution in [0.5, 0.6) is 5.75 Å². The minimum Gasteiger partial charge on any atom is -0.485 e. The van der Waals surface area contributed by atoms with Crippen LogP contribution in [-0.2, 0) is 11.3 Å². The quantitative estimate of drug-likeness (QED) is 0.793. The summed E-state index contributed by atoms with van der Waals surface area (Å²) in [5.41, 5.74) is 5.64. The monoisotopic (exact) mass is 275 g/mol. The normalized spacial score (nSPS) is 12.8. The van der Waals surface area contributed by atoms with Crippen molar-refractivity contribution in [3.63, 3.8) is 0 Å². The SMILES string of the molecule is CC(C)OCC(O)COc1c(F)cc(CN)cc1F. The highest BCUT2D eigenvalue weighted by Crippen LogP contribution is 2.23. The lowest BCUT2D eigenvalue weighted by Gasteiger charge is -2.15. The van der Waals surface area contributed by atoms with E-state index >= 15 is 0 Å². The van der Waals surface area contributed by atoms with Gasteiger partial charge in [0.05, 0.1) is 12.7 Å². The molecule has 1 aromatic rings. The molecule has 1 rings (SSSR count). The van der Waals surface area contributed by atoms with E-state index in [2.05, 4.69) is 0 Å². The fraction of sp³-hybridized carbons (Fsp3) is 0.538. The fourth-order valence-corrected chi connectivity index (χ4v) is 1.40. The molecule has 0 aliphatic carbocycles. The molecule has 0 heterocycles. The Kier molecular flexibility index (Phi) is 6.14. The largest absolute Gasteiger partial charge is 0.485 e. The molecule has 3 N–H and O–H groups in total. The molecular weight excluding hydrogens is 256 g/mol. The van der Waals surface area contributed by atoms with Gasteiger partial charge in [-0.2, -0.15) is 0 Å². The van der Waals surface area contributed by atoms with Crippen molar-refractivity contribution in [2.75, 3.05) is 13.2 Å². The number of aliphatic hydroxyl groups excluding tert-OH is 1. The highest BCUT2D eigenvalue weighted by Gasteiger charge is 2.14. The number of ether oxygens (including phenoxy) is 2. The summed E-state index contributed by atoms with van der Waals surface area (Å²) in [6.45, 7) is 3.47. The van der Waals surface area contributed by atoms with Gasteiger partial charge in [-0.05, 0) is 31.5 Å². The summed E-state index contributed by atoms with van der Waals surface area (Å²) in [5.74, 6) is -2.18. The Bertz CT molecular complexity index is 390. The van der Waals surface area contributed by atoms with E-state index in [0.29, 0.717) is 5.56 Å². The van der Waals surface area contributed by atoms with E-state index in [9.17, 15) is 13.9 Å². The number of halogens is 2. The molecule has 0 aliphatic rings. The molecule has 1 unspecified atom stereocenters. The van der Waals surface area contributed by atoms with Crippen LogP contribution in [0.2, 0.25) is 0 Å². The third-order valence-electron chi connectivity index (χ3n) is 2.34. The van der Waals surface area contributed by atoms with Crippen LogP contribution in [0.4, 0.5) is 8.78 Å². The van der Waals surface area contributed by atoms with Crippen LogP contribution in [0, 0.1) is 11.6 Å². The second kappa shape index (κ2) is 7.37. The molecule has 0 radical (unpaired) electrons. The molecule has 0 saturated carbocycles. The van der Waals surface area contributed by atoms with Gasteiger partial charge < -0.3 is 20.3 Å². The van der Waals surface area contributed by atoms with Gasteiger partial charge in [0.2, 0.25) is 0 Å². The van der Waals surface area contributed by atoms with E-state index in [1.54, 1.807) is 0 Å². The highest BCUT2D eigenvalue weighted by atomic mass is 19.1. The molecule has 4 nitrogen and oxygen atoms in total. The molecular formula is C13H19F2NO3. The summed E-state index contributed by atoms with van der Waals surface area (Å²) in [5, 5.41) is 9.53. The lowest BCUT2D eigenvalue weighted by atomic mass is 10.2. The van der Waals surface area contributed by atoms with E-state index in [1.807, 2.05) is 13.8 Å². The first kappa shape index (κ1) is 15.8. The van der Waals surface area contributed by atoms with Crippen molar-refractivity contribution in [3.8, 4) is 5.75 Å². The number of rotatable bonds is 7. The number of aliphatic hydroxyl groups is 1. The molecule has 1 atom stereocenters. The first-order chi connectivity index (χ1) is 8.93. The third kappa shape index (κ3) is 5.10. The summed E-state index contributed by atoms with van der Waals surface area (Å²) < 4.78 is 37.2. The standard InChI is InChI=1S/C13H19F2NO3/c1-8(2)18-6-10(17)7-19-13-11(14)3-9(5-16)4-12(13)15/h3-4,8,10,17H,5-7,16H2,1-2H3. The molecule has 1 aromatic carbocycles. The minimum atomic E-state index is -0.949. The zero-order chi connectivity index (χ0) is 14.4. The van der Waals surface area contributed by atoms with Crippen LogP contribution < -0.4 is 10.5 Å². The number of hydrogen-bond donors (Lipinski definition) is 2. The third-order valence-corrected chi connectivity index (χ3v) is 2.34. The predicted octanol–water partition coefficient (Wildman–Crippen LogP) is 1.59. The van der Waals surface area contributed by atoms with Crippen LogP contribution in [0.1, 0.15) is 19.4 Å². The number of nitrogens with two attached hydrogens (primary N) is 1. The van der Waals surface area contributed by atoms with Gasteiger partial charge in [-0.25, -0.2) is 8.78 Å². The molecule has 0 aromatic heterocycles. The van der Waals surface area contributed by atoms with Gasteiger partial charge in [0.1, 0.15) is 12.7 Å². The summed E-state index contributed by atoms with van der Waals surface area (Å²) in [6.07, 6.45) is -0.984. The van der Waals surface area contributed by atoms with E-state index in [-0.39, 0.29) is 25.9 Å². The number of benzene rings is 1. The van der Waals surface area contributed by atoms with Gasteiger partial charge in [-0.3, -0.25) is 0 Å². The lowest BCUT2D eigenvalue weighted by Crippen LogP contribution is -2.25. The van der Waals surface area contributed by atoms with Gasteiger partial charge in [0, 0.05) is 6.54 Å². The summed E-state index contributed by atoms with van der Waals surface area (Å²) >= 11 is 0. The Balaban J connectivity index is 2.58. The second-order valence-electron chi connectivity index (χ2n) is 4.44. The zero-order valence-corrected chi connectivity index (χ0v) is 11.0. The van der Waals surface area contributed by atoms with E-state index < -0.39 is 23.5 Å². The van der Waals surface area contributed by atoms with Crippen LogP contribution in [-0.4, -0.2) is 30.5 Å². The Labute approximate surface area is 111 Å². The first-order valence-corrected chi connectivity index (χ1v) is 6.04. The minimum absolute atomic E-state index is 0.0352. The maximum atomic E-state index is 13.5. The summed E-state index contributed by atoms with van der Waals surface area (Å²) in [6, 6.07) is 2.21. The molecule has 0 amide bonds. The van der Waals surface area contributed by atoms with Crippen molar-refractivity contribution in [2.24, 2.45) is 5.73 Å². The molecule has 0 fully saturated rings. The van der Waals surface area contributed by atoms with Gasteiger partial charge in [-0.1, -0.05) is 0 Å². The first-order valence-electron chi connectivity index (χ1n) is 6.04. The Hall–Kier alpha value is -1.24. The maximum absolute atomic E-state index is 13.5. The second-order valence-corrected chi connectivity index (χ2v) is 4.44. The van der Waals surface area contributed by atoms with Crippen molar-refractivity contribution < 1.29 is 23.4 Å². The average Bonchev–Trinajstić information content (AvgIpc) is 2.34. The van der Waals surface area contributed by atoms with Crippen LogP contribution >= 0.6 is 0 Å². The van der Waals surface area contributed by atoms with Crippen molar-refractivity contribution in [1.82, 2.24) is 0 Å². The lowest BCUT2D eigenvalue weighted by molar-refractivity contribution is -0.0133. The van der Waals surface area contributed by atoms with E-state index in [1.165, 1.54) is 0 Å².